The molecule has 0 saturated carbocycles. The van der Waals surface area contributed by atoms with E-state index in [-0.39, 0.29) is 11.7 Å². The topological polar surface area (TPSA) is 65.5 Å². The van der Waals surface area contributed by atoms with E-state index in [0.717, 1.165) is 12.1 Å². The Morgan fingerprint density at radius 3 is 2.88 bits per heavy atom. The van der Waals surface area contributed by atoms with Gasteiger partial charge >= 0.3 is 12.2 Å². The molecule has 9 heteroatoms. The lowest BCUT2D eigenvalue weighted by atomic mass is 10.2. The fourth-order valence-electron chi connectivity index (χ4n) is 2.42. The number of pyridine rings is 1. The third kappa shape index (κ3) is 3.84. The van der Waals surface area contributed by atoms with Gasteiger partial charge in [-0.3, -0.25) is 10.1 Å². The molecular weight excluding hydrogens is 325 g/mol. The number of amides is 3. The van der Waals surface area contributed by atoms with Crippen molar-refractivity contribution in [3.8, 4) is 0 Å². The number of nitrogens with one attached hydrogen (secondary N) is 1. The van der Waals surface area contributed by atoms with E-state index < -0.39 is 23.9 Å². The van der Waals surface area contributed by atoms with Crippen LogP contribution in [-0.2, 0) is 11.0 Å². The molecular formula is C15H17F3N4O2. The Morgan fingerprint density at radius 1 is 1.54 bits per heavy atom. The zero-order valence-electron chi connectivity index (χ0n) is 13.0. The molecule has 1 aromatic rings. The number of carbonyl (C=O) groups excluding carboxylic acids is 2. The first kappa shape index (κ1) is 17.8. The largest absolute Gasteiger partial charge is 0.433 e. The average molecular weight is 342 g/mol. The highest BCUT2D eigenvalue weighted by atomic mass is 19.4. The summed E-state index contributed by atoms with van der Waals surface area (Å²) in [5, 5.41) is 2.28. The Labute approximate surface area is 136 Å². The van der Waals surface area contributed by atoms with Crippen LogP contribution in [0.3, 0.4) is 0 Å². The molecule has 0 aliphatic carbocycles. The first-order valence-electron chi connectivity index (χ1n) is 7.21. The maximum absolute atomic E-state index is 12.6. The molecule has 1 aliphatic rings. The van der Waals surface area contributed by atoms with Gasteiger partial charge in [0.05, 0.1) is 0 Å². The first-order chi connectivity index (χ1) is 11.2. The van der Waals surface area contributed by atoms with Gasteiger partial charge in [0.25, 0.3) is 0 Å². The molecule has 0 bridgehead atoms. The molecule has 2 rings (SSSR count). The van der Waals surface area contributed by atoms with Crippen molar-refractivity contribution in [3.05, 3.63) is 36.5 Å². The van der Waals surface area contributed by atoms with Crippen LogP contribution >= 0.6 is 0 Å². The predicted molar refractivity (Wildman–Crippen MR) is 81.2 cm³/mol. The maximum Gasteiger partial charge on any atom is 0.433 e. The Bertz CT molecular complexity index is 648. The summed E-state index contributed by atoms with van der Waals surface area (Å²) in [7, 11) is 1.42. The summed E-state index contributed by atoms with van der Waals surface area (Å²) in [5.41, 5.74) is -1.10. The van der Waals surface area contributed by atoms with Crippen LogP contribution in [0.4, 0.5) is 23.8 Å². The standard InChI is InChI=1S/C15H17F3N4O2/c1-3-8-22-9-7-10(13(22)23)21(2)14(24)20-12-6-4-5-11(19-12)15(16,17)18/h3-6,10H,1,7-9H2,2H3,(H,19,20,24)/t10-/m1/s1. The van der Waals surface area contributed by atoms with Crippen LogP contribution in [0.5, 0.6) is 0 Å². The maximum atomic E-state index is 12.6. The molecule has 0 spiro atoms. The molecule has 24 heavy (non-hydrogen) atoms. The summed E-state index contributed by atoms with van der Waals surface area (Å²) in [6, 6.07) is 1.86. The number of hydrogen-bond donors (Lipinski definition) is 1. The van der Waals surface area contributed by atoms with Crippen LogP contribution in [0.2, 0.25) is 0 Å². The monoisotopic (exact) mass is 342 g/mol. The van der Waals surface area contributed by atoms with Crippen molar-refractivity contribution in [2.75, 3.05) is 25.5 Å². The van der Waals surface area contributed by atoms with E-state index in [2.05, 4.69) is 16.9 Å². The van der Waals surface area contributed by atoms with Gasteiger partial charge in [0.15, 0.2) is 0 Å². The number of nitrogens with zero attached hydrogens (tertiary/aromatic N) is 3. The smallest absolute Gasteiger partial charge is 0.337 e. The number of carbonyl (C=O) groups is 2. The second kappa shape index (κ2) is 6.90. The number of aromatic nitrogens is 1. The molecule has 3 amide bonds. The number of likely N-dealkylation sites (N-methyl/N-ethyl adjacent to an activating group) is 1. The molecule has 1 aromatic heterocycles. The van der Waals surface area contributed by atoms with E-state index in [1.165, 1.54) is 18.0 Å². The van der Waals surface area contributed by atoms with E-state index in [0.29, 0.717) is 19.5 Å². The SMILES string of the molecule is C=CCN1CC[C@@H](N(C)C(=O)Nc2cccc(C(F)(F)F)n2)C1=O. The third-order valence-electron chi connectivity index (χ3n) is 3.68. The number of rotatable bonds is 4. The highest BCUT2D eigenvalue weighted by Crippen LogP contribution is 2.28. The van der Waals surface area contributed by atoms with Gasteiger partial charge in [-0.1, -0.05) is 12.1 Å². The lowest BCUT2D eigenvalue weighted by Crippen LogP contribution is -2.44. The number of alkyl halides is 3. The summed E-state index contributed by atoms with van der Waals surface area (Å²) in [6.07, 6.45) is -2.56. The average Bonchev–Trinajstić information content (AvgIpc) is 2.87. The molecule has 1 aliphatic heterocycles. The number of halogens is 3. The van der Waals surface area contributed by atoms with Crippen LogP contribution in [0.15, 0.2) is 30.9 Å². The molecule has 0 aromatic carbocycles. The minimum absolute atomic E-state index is 0.218. The minimum Gasteiger partial charge on any atom is -0.337 e. The molecule has 0 radical (unpaired) electrons. The molecule has 2 heterocycles. The van der Waals surface area contributed by atoms with Gasteiger partial charge in [0, 0.05) is 20.1 Å². The molecule has 130 valence electrons. The molecule has 6 nitrogen and oxygen atoms in total. The zero-order chi connectivity index (χ0) is 17.9. The van der Waals surface area contributed by atoms with Crippen molar-refractivity contribution < 1.29 is 22.8 Å². The first-order valence-corrected chi connectivity index (χ1v) is 7.21. The van der Waals surface area contributed by atoms with E-state index in [9.17, 15) is 22.8 Å². The number of urea groups is 1. The number of anilines is 1. The normalized spacial score (nSPS) is 17.8. The Kier molecular flexibility index (Phi) is 5.10. The van der Waals surface area contributed by atoms with Gasteiger partial charge < -0.3 is 9.80 Å². The van der Waals surface area contributed by atoms with Crippen molar-refractivity contribution >= 4 is 17.8 Å². The molecule has 1 N–H and O–H groups in total. The highest BCUT2D eigenvalue weighted by molar-refractivity contribution is 5.93. The highest BCUT2D eigenvalue weighted by Gasteiger charge is 2.36. The lowest BCUT2D eigenvalue weighted by molar-refractivity contribution is -0.141. The lowest BCUT2D eigenvalue weighted by Gasteiger charge is -2.23. The van der Waals surface area contributed by atoms with Gasteiger partial charge in [-0.25, -0.2) is 9.78 Å². The summed E-state index contributed by atoms with van der Waals surface area (Å²) in [5.74, 6) is -0.445. The zero-order valence-corrected chi connectivity index (χ0v) is 13.0. The minimum atomic E-state index is -4.60. The molecule has 0 unspecified atom stereocenters. The Hall–Kier alpha value is -2.58. The van der Waals surface area contributed by atoms with Gasteiger partial charge in [0.1, 0.15) is 17.6 Å². The van der Waals surface area contributed by atoms with Gasteiger partial charge in [0.2, 0.25) is 5.91 Å². The fourth-order valence-corrected chi connectivity index (χ4v) is 2.42. The molecule has 1 saturated heterocycles. The van der Waals surface area contributed by atoms with Gasteiger partial charge in [-0.2, -0.15) is 13.2 Å². The van der Waals surface area contributed by atoms with Gasteiger partial charge in [-0.05, 0) is 18.6 Å². The van der Waals surface area contributed by atoms with E-state index in [4.69, 9.17) is 0 Å². The Morgan fingerprint density at radius 2 is 2.25 bits per heavy atom. The van der Waals surface area contributed by atoms with Crippen molar-refractivity contribution in [1.29, 1.82) is 0 Å². The summed E-state index contributed by atoms with van der Waals surface area (Å²) in [6.45, 7) is 4.44. The van der Waals surface area contributed by atoms with Crippen LogP contribution in [-0.4, -0.2) is 52.9 Å². The van der Waals surface area contributed by atoms with Crippen molar-refractivity contribution in [2.45, 2.75) is 18.6 Å². The van der Waals surface area contributed by atoms with Crippen LogP contribution < -0.4 is 5.32 Å². The van der Waals surface area contributed by atoms with Crippen molar-refractivity contribution in [3.63, 3.8) is 0 Å². The van der Waals surface area contributed by atoms with Crippen LogP contribution in [0.1, 0.15) is 12.1 Å². The second-order valence-electron chi connectivity index (χ2n) is 5.32. The third-order valence-corrected chi connectivity index (χ3v) is 3.68. The van der Waals surface area contributed by atoms with E-state index in [1.807, 2.05) is 0 Å². The molecule has 1 atom stereocenters. The Balaban J connectivity index is 2.05. The van der Waals surface area contributed by atoms with E-state index in [1.54, 1.807) is 11.0 Å². The van der Waals surface area contributed by atoms with E-state index >= 15 is 0 Å². The van der Waals surface area contributed by atoms with Crippen molar-refractivity contribution in [2.24, 2.45) is 0 Å². The quantitative estimate of drug-likeness (QED) is 0.854. The molecule has 1 fully saturated rings. The summed E-state index contributed by atoms with van der Waals surface area (Å²) >= 11 is 0. The van der Waals surface area contributed by atoms with Crippen LogP contribution in [0.25, 0.3) is 0 Å². The van der Waals surface area contributed by atoms with Crippen LogP contribution in [0, 0.1) is 0 Å². The number of likely N-dealkylation sites (tertiary alicyclic amines) is 1. The van der Waals surface area contributed by atoms with Gasteiger partial charge in [-0.15, -0.1) is 6.58 Å². The predicted octanol–water partition coefficient (Wildman–Crippen LogP) is 2.35. The summed E-state index contributed by atoms with van der Waals surface area (Å²) in [4.78, 5) is 30.4. The van der Waals surface area contributed by atoms with Crippen molar-refractivity contribution in [1.82, 2.24) is 14.8 Å². The summed E-state index contributed by atoms with van der Waals surface area (Å²) < 4.78 is 37.9. The second-order valence-corrected chi connectivity index (χ2v) is 5.32. The number of hydrogen-bond acceptors (Lipinski definition) is 3. The fraction of sp³-hybridized carbons (Fsp3) is 0.400.